The minimum Gasteiger partial charge on any atom is 0 e. The summed E-state index contributed by atoms with van der Waals surface area (Å²) < 4.78 is 56.2. The Morgan fingerprint density at radius 1 is 0.723 bits per heavy atom. The summed E-state index contributed by atoms with van der Waals surface area (Å²) in [5.41, 5.74) is 6.25. The predicted molar refractivity (Wildman–Crippen MR) is 199 cm³/mol. The molecule has 237 valence electrons. The van der Waals surface area contributed by atoms with Crippen molar-refractivity contribution in [3.05, 3.63) is 127 Å². The molecule has 3 aromatic heterocycles. The van der Waals surface area contributed by atoms with Crippen molar-refractivity contribution in [1.29, 1.82) is 0 Å². The molecule has 0 saturated heterocycles. The third kappa shape index (κ3) is 6.11. The van der Waals surface area contributed by atoms with Crippen LogP contribution in [0.5, 0.6) is 0 Å². The standard InChI is InChI=1S/C27H22GeNO.C14H16NSi.Ir/c1-16-12-25(29-15-17(16)2)20-10-7-9-19-22-13-21-18-8-5-6-11-23(18)28(3,4)24(21)14-26(22)30-27(19)20;1-16(2,3)13-9-10-14(15-11-13)12-7-5-4-6-8-12;/h5-9,11-15H,1-4H3;4-7,9-11H,1-3H3;/q2*-1;/i1D3,2D3;;. The van der Waals surface area contributed by atoms with Crippen LogP contribution in [0.3, 0.4) is 0 Å². The van der Waals surface area contributed by atoms with Gasteiger partial charge in [-0.3, -0.25) is 0 Å². The largest absolute Gasteiger partial charge is 0 e. The van der Waals surface area contributed by atoms with Crippen molar-refractivity contribution in [2.45, 2.75) is 44.9 Å². The van der Waals surface area contributed by atoms with Crippen molar-refractivity contribution in [2.24, 2.45) is 0 Å². The van der Waals surface area contributed by atoms with Crippen LogP contribution in [-0.4, -0.2) is 31.3 Å². The first-order valence-electron chi connectivity index (χ1n) is 18.4. The number of furan rings is 1. The number of nitrogens with zero attached hydrogens (tertiary/aromatic N) is 2. The number of rotatable bonds is 3. The van der Waals surface area contributed by atoms with Crippen LogP contribution in [0, 0.1) is 25.8 Å². The number of benzene rings is 4. The van der Waals surface area contributed by atoms with Crippen molar-refractivity contribution >= 4 is 57.3 Å². The summed E-state index contributed by atoms with van der Waals surface area (Å²) in [7, 11) is -1.23. The maximum atomic E-state index is 7.90. The van der Waals surface area contributed by atoms with Gasteiger partial charge in [0.05, 0.1) is 8.07 Å². The Bertz CT molecular complexity index is 2460. The molecule has 47 heavy (non-hydrogen) atoms. The monoisotopic (exact) mass is 875 g/mol. The second kappa shape index (κ2) is 12.8. The maximum absolute atomic E-state index is 7.90. The Balaban J connectivity index is 0.000000238. The van der Waals surface area contributed by atoms with Gasteiger partial charge in [-0.25, -0.2) is 0 Å². The number of aromatic nitrogens is 2. The van der Waals surface area contributed by atoms with Gasteiger partial charge in [0, 0.05) is 26.3 Å². The van der Waals surface area contributed by atoms with Crippen LogP contribution in [-0.2, 0) is 20.1 Å². The number of hydrogen-bond donors (Lipinski definition) is 0. The fourth-order valence-corrected chi connectivity index (χ4v) is 13.7. The maximum Gasteiger partial charge on any atom is 0 e. The molecule has 0 atom stereocenters. The minimum atomic E-state index is -2.60. The summed E-state index contributed by atoms with van der Waals surface area (Å²) in [4.78, 5) is 8.85. The molecule has 0 aliphatic carbocycles. The molecule has 4 aromatic carbocycles. The van der Waals surface area contributed by atoms with E-state index in [0.717, 1.165) is 33.8 Å². The van der Waals surface area contributed by atoms with E-state index in [1.165, 1.54) is 31.2 Å². The van der Waals surface area contributed by atoms with E-state index in [-0.39, 0.29) is 31.2 Å². The Morgan fingerprint density at radius 2 is 1.51 bits per heavy atom. The van der Waals surface area contributed by atoms with E-state index < -0.39 is 35.0 Å². The van der Waals surface area contributed by atoms with E-state index in [4.69, 9.17) is 12.6 Å². The first-order chi connectivity index (χ1) is 24.4. The molecule has 3 nitrogen and oxygen atoms in total. The molecule has 7 aromatic rings. The van der Waals surface area contributed by atoms with Crippen molar-refractivity contribution < 1.29 is 32.7 Å². The fraction of sp³-hybridized carbons (Fsp3) is 0.171. The molecule has 0 fully saturated rings. The molecule has 6 heteroatoms. The first kappa shape index (κ1) is 26.4. The van der Waals surface area contributed by atoms with Crippen LogP contribution in [0.25, 0.3) is 55.6 Å². The van der Waals surface area contributed by atoms with Gasteiger partial charge in [0.2, 0.25) is 0 Å². The molecular weight excluding hydrogens is 829 g/mol. The van der Waals surface area contributed by atoms with Crippen LogP contribution in [0.4, 0.5) is 0 Å². The van der Waals surface area contributed by atoms with Crippen LogP contribution in [0.15, 0.2) is 108 Å². The molecule has 0 amide bonds. The molecule has 8 rings (SSSR count). The summed E-state index contributed by atoms with van der Waals surface area (Å²) in [6.07, 6.45) is 3.16. The number of fused-ring (bicyclic) bond motifs is 6. The molecule has 0 N–H and O–H groups in total. The van der Waals surface area contributed by atoms with Gasteiger partial charge in [-0.1, -0.05) is 31.8 Å². The van der Waals surface area contributed by atoms with E-state index in [2.05, 4.69) is 102 Å². The molecule has 1 aliphatic heterocycles. The summed E-state index contributed by atoms with van der Waals surface area (Å²) >= 11 is -2.47. The van der Waals surface area contributed by atoms with Crippen LogP contribution >= 0.6 is 0 Å². The van der Waals surface area contributed by atoms with E-state index in [1.807, 2.05) is 36.5 Å². The van der Waals surface area contributed by atoms with E-state index in [1.54, 1.807) is 6.07 Å². The van der Waals surface area contributed by atoms with Crippen molar-refractivity contribution in [3.8, 4) is 33.6 Å². The fourth-order valence-electron chi connectivity index (χ4n) is 6.27. The van der Waals surface area contributed by atoms with Crippen molar-refractivity contribution in [3.63, 3.8) is 0 Å². The molecule has 0 spiro atoms. The molecule has 0 bridgehead atoms. The summed E-state index contributed by atoms with van der Waals surface area (Å²) in [5.74, 6) is 4.79. The zero-order valence-electron chi connectivity index (χ0n) is 33.0. The molecule has 1 aliphatic rings. The summed E-state index contributed by atoms with van der Waals surface area (Å²) in [6, 6.07) is 36.6. The average molecular weight is 874 g/mol. The van der Waals surface area contributed by atoms with Gasteiger partial charge >= 0.3 is 187 Å². The van der Waals surface area contributed by atoms with Crippen LogP contribution < -0.4 is 14.0 Å². The third-order valence-corrected chi connectivity index (χ3v) is 18.4. The topological polar surface area (TPSA) is 38.9 Å². The second-order valence-electron chi connectivity index (χ2n) is 13.3. The molecule has 0 unspecified atom stereocenters. The Morgan fingerprint density at radius 3 is 2.23 bits per heavy atom. The summed E-state index contributed by atoms with van der Waals surface area (Å²) in [6.45, 7) is 1.81. The first-order valence-corrected chi connectivity index (χ1v) is 25.2. The van der Waals surface area contributed by atoms with Gasteiger partial charge in [-0.15, -0.1) is 35.9 Å². The van der Waals surface area contributed by atoms with Crippen LogP contribution in [0.2, 0.25) is 31.2 Å². The second-order valence-corrected chi connectivity index (χ2v) is 27.5. The van der Waals surface area contributed by atoms with Crippen molar-refractivity contribution in [1.82, 2.24) is 9.97 Å². The van der Waals surface area contributed by atoms with Gasteiger partial charge in [-0.2, -0.15) is 0 Å². The van der Waals surface area contributed by atoms with Gasteiger partial charge < -0.3 is 4.98 Å². The summed E-state index contributed by atoms with van der Waals surface area (Å²) in [5, 5.41) is 3.25. The Labute approximate surface area is 303 Å². The van der Waals surface area contributed by atoms with Gasteiger partial charge in [0.25, 0.3) is 0 Å². The normalized spacial score (nSPS) is 15.4. The quantitative estimate of drug-likeness (QED) is 0.132. The number of aryl methyl sites for hydroxylation is 2. The minimum absolute atomic E-state index is 0. The third-order valence-electron chi connectivity index (χ3n) is 8.91. The predicted octanol–water partition coefficient (Wildman–Crippen LogP) is 8.96. The van der Waals surface area contributed by atoms with Gasteiger partial charge in [-0.05, 0) is 10.9 Å². The number of hydrogen-bond acceptors (Lipinski definition) is 3. The average Bonchev–Trinajstić information content (AvgIpc) is 3.58. The smallest absolute Gasteiger partial charge is 0 e. The van der Waals surface area contributed by atoms with E-state index in [9.17, 15) is 0 Å². The zero-order chi connectivity index (χ0) is 37.2. The molecule has 1 radical (unpaired) electrons. The SMILES string of the molecule is C[Si](C)(C)c1ccc(-c2[c-]cccc2)nc1.[2H]C([2H])([2H])c1cnc(-c2[c-]ccc3c2oc2c[c]4c(cc23)-c2cccc[c]2[Ge]4([CH3])[CH3])cc1C([2H])([2H])[2H].[Ir]. The van der Waals surface area contributed by atoms with E-state index in [0.29, 0.717) is 16.8 Å². The molecule has 0 saturated carbocycles. The molecular formula is C41H38GeIrN2OSi-2. The van der Waals surface area contributed by atoms with E-state index >= 15 is 0 Å². The van der Waals surface area contributed by atoms with Gasteiger partial charge in [0.1, 0.15) is 0 Å². The Kier molecular flexibility index (Phi) is 7.16. The number of pyridine rings is 2. The molecule has 4 heterocycles. The zero-order valence-corrected chi connectivity index (χ0v) is 32.4. The van der Waals surface area contributed by atoms with Crippen molar-refractivity contribution in [2.75, 3.05) is 0 Å². The van der Waals surface area contributed by atoms with Crippen LogP contribution in [0.1, 0.15) is 19.4 Å². The Hall–Kier alpha value is -3.61. The van der Waals surface area contributed by atoms with Gasteiger partial charge in [0.15, 0.2) is 0 Å².